The van der Waals surface area contributed by atoms with E-state index in [1.807, 2.05) is 0 Å². The topological polar surface area (TPSA) is 93.7 Å². The SMILES string of the molecule is COc1ccc(OC)c([C@H](C)NC(=O)[C@@H](NS(C)(=O)=O)C(C)(C)C)c1. The van der Waals surface area contributed by atoms with E-state index in [1.165, 1.54) is 0 Å². The van der Waals surface area contributed by atoms with Gasteiger partial charge >= 0.3 is 0 Å². The lowest BCUT2D eigenvalue weighted by molar-refractivity contribution is -0.125. The van der Waals surface area contributed by atoms with Gasteiger partial charge in [0.1, 0.15) is 17.5 Å². The Balaban J connectivity index is 3.08. The van der Waals surface area contributed by atoms with Gasteiger partial charge in [-0.25, -0.2) is 13.1 Å². The average Bonchev–Trinajstić information content (AvgIpc) is 2.49. The van der Waals surface area contributed by atoms with Crippen molar-refractivity contribution in [2.45, 2.75) is 39.8 Å². The minimum absolute atomic E-state index is 0.399. The average molecular weight is 372 g/mol. The molecule has 1 rings (SSSR count). The monoisotopic (exact) mass is 372 g/mol. The van der Waals surface area contributed by atoms with E-state index in [-0.39, 0.29) is 0 Å². The van der Waals surface area contributed by atoms with Crippen LogP contribution in [0.15, 0.2) is 18.2 Å². The third kappa shape index (κ3) is 6.21. The third-order valence-electron chi connectivity index (χ3n) is 3.72. The van der Waals surface area contributed by atoms with Crippen LogP contribution in [0.4, 0.5) is 0 Å². The molecule has 142 valence electrons. The van der Waals surface area contributed by atoms with Crippen LogP contribution in [0, 0.1) is 5.41 Å². The summed E-state index contributed by atoms with van der Waals surface area (Å²) < 4.78 is 36.2. The van der Waals surface area contributed by atoms with E-state index in [0.717, 1.165) is 11.8 Å². The van der Waals surface area contributed by atoms with Gasteiger partial charge in [-0.1, -0.05) is 20.8 Å². The van der Waals surface area contributed by atoms with E-state index >= 15 is 0 Å². The third-order valence-corrected chi connectivity index (χ3v) is 4.39. The van der Waals surface area contributed by atoms with Crippen LogP contribution in [-0.2, 0) is 14.8 Å². The second-order valence-corrected chi connectivity index (χ2v) is 8.81. The molecule has 0 bridgehead atoms. The summed E-state index contributed by atoms with van der Waals surface area (Å²) >= 11 is 0. The maximum atomic E-state index is 12.7. The van der Waals surface area contributed by atoms with Crippen LogP contribution < -0.4 is 19.5 Å². The van der Waals surface area contributed by atoms with Gasteiger partial charge in [0.25, 0.3) is 0 Å². The van der Waals surface area contributed by atoms with E-state index in [0.29, 0.717) is 11.5 Å². The number of hydrogen-bond acceptors (Lipinski definition) is 5. The summed E-state index contributed by atoms with van der Waals surface area (Å²) in [6.45, 7) is 7.19. The lowest BCUT2D eigenvalue weighted by Crippen LogP contribution is -2.53. The molecule has 0 heterocycles. The Morgan fingerprint density at radius 3 is 2.20 bits per heavy atom. The highest BCUT2D eigenvalue weighted by molar-refractivity contribution is 7.88. The minimum atomic E-state index is -3.53. The van der Waals surface area contributed by atoms with Crippen molar-refractivity contribution in [2.75, 3.05) is 20.5 Å². The molecule has 0 saturated carbocycles. The van der Waals surface area contributed by atoms with Gasteiger partial charge in [-0.05, 0) is 30.5 Å². The Kier molecular flexibility index (Phi) is 6.84. The van der Waals surface area contributed by atoms with Crippen LogP contribution in [-0.4, -0.2) is 40.8 Å². The van der Waals surface area contributed by atoms with Crippen molar-refractivity contribution in [3.8, 4) is 11.5 Å². The first-order valence-corrected chi connectivity index (χ1v) is 9.77. The largest absolute Gasteiger partial charge is 0.497 e. The van der Waals surface area contributed by atoms with Gasteiger partial charge in [0, 0.05) is 5.56 Å². The Morgan fingerprint density at radius 2 is 1.76 bits per heavy atom. The number of carbonyl (C=O) groups excluding carboxylic acids is 1. The fraction of sp³-hybridized carbons (Fsp3) is 0.588. The number of amides is 1. The van der Waals surface area contributed by atoms with Gasteiger partial charge in [0.05, 0.1) is 26.5 Å². The summed E-state index contributed by atoms with van der Waals surface area (Å²) in [7, 11) is -0.430. The fourth-order valence-electron chi connectivity index (χ4n) is 2.39. The molecule has 0 saturated heterocycles. The van der Waals surface area contributed by atoms with Crippen molar-refractivity contribution < 1.29 is 22.7 Å². The zero-order valence-corrected chi connectivity index (χ0v) is 16.7. The van der Waals surface area contributed by atoms with Crippen molar-refractivity contribution in [1.29, 1.82) is 0 Å². The summed E-state index contributed by atoms with van der Waals surface area (Å²) in [5, 5.41) is 2.85. The van der Waals surface area contributed by atoms with Gasteiger partial charge in [-0.3, -0.25) is 4.79 Å². The lowest BCUT2D eigenvalue weighted by atomic mass is 9.86. The number of benzene rings is 1. The van der Waals surface area contributed by atoms with Crippen molar-refractivity contribution in [2.24, 2.45) is 5.41 Å². The van der Waals surface area contributed by atoms with Crippen molar-refractivity contribution >= 4 is 15.9 Å². The second kappa shape index (κ2) is 8.05. The summed E-state index contributed by atoms with van der Waals surface area (Å²) in [6.07, 6.45) is 1.04. The molecule has 0 aliphatic heterocycles. The first-order chi connectivity index (χ1) is 11.4. The first kappa shape index (κ1) is 21.2. The molecule has 2 N–H and O–H groups in total. The molecule has 0 aliphatic rings. The Bertz CT molecular complexity index is 710. The van der Waals surface area contributed by atoms with Gasteiger partial charge in [-0.15, -0.1) is 0 Å². The standard InChI is InChI=1S/C17H28N2O5S/c1-11(13-10-12(23-5)8-9-14(13)24-6)18-16(20)15(17(2,3)4)19-25(7,21)22/h8-11,15,19H,1-7H3,(H,18,20)/t11-,15+/m0/s1. The molecule has 0 radical (unpaired) electrons. The van der Waals surface area contributed by atoms with Gasteiger partial charge in [0.15, 0.2) is 0 Å². The molecule has 1 amide bonds. The Labute approximate surface area is 150 Å². The highest BCUT2D eigenvalue weighted by Crippen LogP contribution is 2.30. The van der Waals surface area contributed by atoms with Crippen LogP contribution in [0.25, 0.3) is 0 Å². The molecular formula is C17H28N2O5S. The van der Waals surface area contributed by atoms with Crippen molar-refractivity contribution in [1.82, 2.24) is 10.0 Å². The number of sulfonamides is 1. The van der Waals surface area contributed by atoms with E-state index in [4.69, 9.17) is 9.47 Å². The smallest absolute Gasteiger partial charge is 0.239 e. The quantitative estimate of drug-likeness (QED) is 0.762. The van der Waals surface area contributed by atoms with E-state index < -0.39 is 33.4 Å². The highest BCUT2D eigenvalue weighted by atomic mass is 32.2. The number of nitrogens with one attached hydrogen (secondary N) is 2. The zero-order chi connectivity index (χ0) is 19.4. The van der Waals surface area contributed by atoms with Crippen molar-refractivity contribution in [3.63, 3.8) is 0 Å². The molecule has 0 spiro atoms. The molecule has 0 aromatic heterocycles. The van der Waals surface area contributed by atoms with Gasteiger partial charge in [-0.2, -0.15) is 0 Å². The lowest BCUT2D eigenvalue weighted by Gasteiger charge is -2.31. The maximum absolute atomic E-state index is 12.7. The molecule has 0 fully saturated rings. The van der Waals surface area contributed by atoms with Crippen LogP contribution in [0.1, 0.15) is 39.3 Å². The highest BCUT2D eigenvalue weighted by Gasteiger charge is 2.34. The van der Waals surface area contributed by atoms with Crippen LogP contribution in [0.5, 0.6) is 11.5 Å². The molecule has 0 aliphatic carbocycles. The Hall–Kier alpha value is -1.80. The van der Waals surface area contributed by atoms with E-state index in [2.05, 4.69) is 10.0 Å². The normalized spacial score (nSPS) is 14.5. The molecule has 25 heavy (non-hydrogen) atoms. The fourth-order valence-corrected chi connectivity index (χ4v) is 3.28. The number of rotatable bonds is 7. The number of hydrogen-bond donors (Lipinski definition) is 2. The van der Waals surface area contributed by atoms with Crippen LogP contribution in [0.3, 0.4) is 0 Å². The summed E-state index contributed by atoms with van der Waals surface area (Å²) in [6, 6.07) is 4.00. The Morgan fingerprint density at radius 1 is 1.16 bits per heavy atom. The molecule has 1 aromatic rings. The zero-order valence-electron chi connectivity index (χ0n) is 15.8. The van der Waals surface area contributed by atoms with Gasteiger partial charge < -0.3 is 14.8 Å². The molecule has 2 atom stereocenters. The van der Waals surface area contributed by atoms with Crippen LogP contribution >= 0.6 is 0 Å². The number of carbonyl (C=O) groups is 1. The minimum Gasteiger partial charge on any atom is -0.497 e. The summed E-state index contributed by atoms with van der Waals surface area (Å²) in [5.74, 6) is 0.839. The number of methoxy groups -OCH3 is 2. The van der Waals surface area contributed by atoms with E-state index in [9.17, 15) is 13.2 Å². The molecule has 1 aromatic carbocycles. The first-order valence-electron chi connectivity index (χ1n) is 7.88. The van der Waals surface area contributed by atoms with Crippen LogP contribution in [0.2, 0.25) is 0 Å². The van der Waals surface area contributed by atoms with Crippen molar-refractivity contribution in [3.05, 3.63) is 23.8 Å². The maximum Gasteiger partial charge on any atom is 0.239 e. The second-order valence-electron chi connectivity index (χ2n) is 7.03. The summed E-state index contributed by atoms with van der Waals surface area (Å²) in [4.78, 5) is 12.7. The number of ether oxygens (including phenoxy) is 2. The molecule has 8 heteroatoms. The molecule has 7 nitrogen and oxygen atoms in total. The summed E-state index contributed by atoms with van der Waals surface area (Å²) in [5.41, 5.74) is 0.146. The van der Waals surface area contributed by atoms with Gasteiger partial charge in [0.2, 0.25) is 15.9 Å². The predicted molar refractivity (Wildman–Crippen MR) is 97.3 cm³/mol. The molecule has 0 unspecified atom stereocenters. The molecular weight excluding hydrogens is 344 g/mol. The predicted octanol–water partition coefficient (Wildman–Crippen LogP) is 1.84. The van der Waals surface area contributed by atoms with E-state index in [1.54, 1.807) is 60.1 Å².